The van der Waals surface area contributed by atoms with Crippen LogP contribution in [0.4, 0.5) is 0 Å². The maximum absolute atomic E-state index is 8.97. The first kappa shape index (κ1) is 10.5. The number of rotatable bonds is 2. The molecule has 2 nitrogen and oxygen atoms in total. The third-order valence-corrected chi connectivity index (χ3v) is 3.30. The van der Waals surface area contributed by atoms with E-state index in [2.05, 4.69) is 22.0 Å². The second-order valence-corrected chi connectivity index (χ2v) is 4.61. The Labute approximate surface area is 98.0 Å². The molecule has 1 aliphatic rings. The minimum absolute atomic E-state index is 0.288. The van der Waals surface area contributed by atoms with Crippen LogP contribution in [0, 0.1) is 11.3 Å². The number of nitriles is 1. The van der Waals surface area contributed by atoms with E-state index < -0.39 is 0 Å². The van der Waals surface area contributed by atoms with Crippen LogP contribution in [0.3, 0.4) is 0 Å². The van der Waals surface area contributed by atoms with Gasteiger partial charge in [-0.3, -0.25) is 0 Å². The fourth-order valence-corrected chi connectivity index (χ4v) is 2.35. The van der Waals surface area contributed by atoms with Crippen LogP contribution >= 0.6 is 15.9 Å². The molecule has 1 saturated carbocycles. The van der Waals surface area contributed by atoms with Crippen molar-refractivity contribution in [3.63, 3.8) is 0 Å². The zero-order valence-electron chi connectivity index (χ0n) is 8.37. The highest BCUT2D eigenvalue weighted by atomic mass is 79.9. The highest BCUT2D eigenvalue weighted by molar-refractivity contribution is 9.10. The van der Waals surface area contributed by atoms with Crippen LogP contribution in [0.5, 0.6) is 5.75 Å². The molecule has 78 valence electrons. The Morgan fingerprint density at radius 3 is 2.73 bits per heavy atom. The molecule has 0 amide bonds. The molecule has 0 N–H and O–H groups in total. The zero-order chi connectivity index (χ0) is 10.7. The van der Waals surface area contributed by atoms with Gasteiger partial charge in [0.05, 0.1) is 16.1 Å². The van der Waals surface area contributed by atoms with E-state index >= 15 is 0 Å². The number of hydrogen-bond acceptors (Lipinski definition) is 2. The number of ether oxygens (including phenoxy) is 1. The average molecular weight is 266 g/mol. The van der Waals surface area contributed by atoms with E-state index in [1.807, 2.05) is 12.1 Å². The van der Waals surface area contributed by atoms with Gasteiger partial charge in [-0.25, -0.2) is 0 Å². The lowest BCUT2D eigenvalue weighted by Crippen LogP contribution is -2.12. The highest BCUT2D eigenvalue weighted by Crippen LogP contribution is 2.32. The van der Waals surface area contributed by atoms with Gasteiger partial charge in [-0.15, -0.1) is 0 Å². The van der Waals surface area contributed by atoms with Gasteiger partial charge in [-0.2, -0.15) is 5.26 Å². The van der Waals surface area contributed by atoms with Crippen LogP contribution in [0.2, 0.25) is 0 Å². The highest BCUT2D eigenvalue weighted by Gasteiger charge is 2.19. The second-order valence-electron chi connectivity index (χ2n) is 3.75. The van der Waals surface area contributed by atoms with Crippen molar-refractivity contribution < 1.29 is 4.74 Å². The van der Waals surface area contributed by atoms with Crippen molar-refractivity contribution in [3.8, 4) is 11.8 Å². The standard InChI is InChI=1S/C12H12BrNO/c13-11-7-3-4-9(8-14)12(11)15-10-5-1-2-6-10/h3-4,7,10H,1-2,5-6H2. The summed E-state index contributed by atoms with van der Waals surface area (Å²) in [5.74, 6) is 0.701. The van der Waals surface area contributed by atoms with Gasteiger partial charge < -0.3 is 4.74 Å². The predicted molar refractivity (Wildman–Crippen MR) is 61.7 cm³/mol. The van der Waals surface area contributed by atoms with E-state index in [0.29, 0.717) is 11.3 Å². The fourth-order valence-electron chi connectivity index (χ4n) is 1.89. The van der Waals surface area contributed by atoms with Crippen molar-refractivity contribution in [2.75, 3.05) is 0 Å². The van der Waals surface area contributed by atoms with E-state index in [-0.39, 0.29) is 6.10 Å². The van der Waals surface area contributed by atoms with Crippen LogP contribution in [-0.4, -0.2) is 6.10 Å². The molecule has 1 aliphatic carbocycles. The molecule has 0 atom stereocenters. The molecular formula is C12H12BrNO. The van der Waals surface area contributed by atoms with Crippen molar-refractivity contribution >= 4 is 15.9 Å². The Morgan fingerprint density at radius 2 is 2.07 bits per heavy atom. The molecule has 1 aromatic carbocycles. The monoisotopic (exact) mass is 265 g/mol. The summed E-state index contributed by atoms with van der Waals surface area (Å²) >= 11 is 3.42. The van der Waals surface area contributed by atoms with Crippen LogP contribution in [0.25, 0.3) is 0 Å². The summed E-state index contributed by atoms with van der Waals surface area (Å²) in [7, 11) is 0. The van der Waals surface area contributed by atoms with Crippen LogP contribution in [0.15, 0.2) is 22.7 Å². The molecule has 0 heterocycles. The third-order valence-electron chi connectivity index (χ3n) is 2.67. The lowest BCUT2D eigenvalue weighted by molar-refractivity contribution is 0.208. The topological polar surface area (TPSA) is 33.0 Å². The summed E-state index contributed by atoms with van der Waals surface area (Å²) in [6.45, 7) is 0. The molecular weight excluding hydrogens is 254 g/mol. The molecule has 0 aliphatic heterocycles. The normalized spacial score (nSPS) is 16.3. The molecule has 1 aromatic rings. The van der Waals surface area contributed by atoms with E-state index in [1.54, 1.807) is 6.07 Å². The van der Waals surface area contributed by atoms with Gasteiger partial charge in [0.15, 0.2) is 5.75 Å². The maximum atomic E-state index is 8.97. The van der Waals surface area contributed by atoms with Crippen molar-refractivity contribution in [2.45, 2.75) is 31.8 Å². The SMILES string of the molecule is N#Cc1cccc(Br)c1OC1CCCC1. The van der Waals surface area contributed by atoms with E-state index in [0.717, 1.165) is 17.3 Å². The summed E-state index contributed by atoms with van der Waals surface area (Å²) in [6, 6.07) is 7.70. The van der Waals surface area contributed by atoms with Gasteiger partial charge in [0.1, 0.15) is 6.07 Å². The van der Waals surface area contributed by atoms with Gasteiger partial charge in [0.2, 0.25) is 0 Å². The molecule has 0 radical (unpaired) electrons. The minimum Gasteiger partial charge on any atom is -0.488 e. The molecule has 0 unspecified atom stereocenters. The van der Waals surface area contributed by atoms with Gasteiger partial charge in [0.25, 0.3) is 0 Å². The Bertz CT molecular complexity index is 391. The predicted octanol–water partition coefficient (Wildman–Crippen LogP) is 3.64. The summed E-state index contributed by atoms with van der Waals surface area (Å²) in [5, 5.41) is 8.97. The minimum atomic E-state index is 0.288. The summed E-state index contributed by atoms with van der Waals surface area (Å²) < 4.78 is 6.73. The van der Waals surface area contributed by atoms with Crippen molar-refractivity contribution in [2.24, 2.45) is 0 Å². The van der Waals surface area contributed by atoms with E-state index in [9.17, 15) is 0 Å². The van der Waals surface area contributed by atoms with Gasteiger partial charge in [-0.05, 0) is 53.7 Å². The van der Waals surface area contributed by atoms with Crippen molar-refractivity contribution in [3.05, 3.63) is 28.2 Å². The number of benzene rings is 1. The largest absolute Gasteiger partial charge is 0.488 e. The number of hydrogen-bond donors (Lipinski definition) is 0. The Kier molecular flexibility index (Phi) is 3.27. The molecule has 2 rings (SSSR count). The number of para-hydroxylation sites is 1. The van der Waals surface area contributed by atoms with E-state index in [4.69, 9.17) is 10.00 Å². The molecule has 0 saturated heterocycles. The molecule has 1 fully saturated rings. The fraction of sp³-hybridized carbons (Fsp3) is 0.417. The van der Waals surface area contributed by atoms with Crippen molar-refractivity contribution in [1.29, 1.82) is 5.26 Å². The lowest BCUT2D eigenvalue weighted by Gasteiger charge is -2.15. The molecule has 15 heavy (non-hydrogen) atoms. The average Bonchev–Trinajstić information content (AvgIpc) is 2.74. The van der Waals surface area contributed by atoms with Gasteiger partial charge in [-0.1, -0.05) is 6.07 Å². The lowest BCUT2D eigenvalue weighted by atomic mass is 10.2. The summed E-state index contributed by atoms with van der Waals surface area (Å²) in [6.07, 6.45) is 4.96. The molecule has 0 bridgehead atoms. The first-order valence-electron chi connectivity index (χ1n) is 5.16. The molecule has 3 heteroatoms. The van der Waals surface area contributed by atoms with Gasteiger partial charge in [0, 0.05) is 0 Å². The second kappa shape index (κ2) is 4.67. The van der Waals surface area contributed by atoms with Crippen LogP contribution < -0.4 is 4.74 Å². The Balaban J connectivity index is 2.22. The summed E-state index contributed by atoms with van der Waals surface area (Å²) in [4.78, 5) is 0. The third kappa shape index (κ3) is 2.32. The molecule has 0 spiro atoms. The Hall–Kier alpha value is -1.01. The number of nitrogens with zero attached hydrogens (tertiary/aromatic N) is 1. The number of halogens is 1. The van der Waals surface area contributed by atoms with Crippen LogP contribution in [0.1, 0.15) is 31.2 Å². The first-order valence-corrected chi connectivity index (χ1v) is 5.96. The van der Waals surface area contributed by atoms with Crippen molar-refractivity contribution in [1.82, 2.24) is 0 Å². The Morgan fingerprint density at radius 1 is 1.33 bits per heavy atom. The smallest absolute Gasteiger partial charge is 0.151 e. The maximum Gasteiger partial charge on any atom is 0.151 e. The quantitative estimate of drug-likeness (QED) is 0.818. The summed E-state index contributed by atoms with van der Waals surface area (Å²) in [5.41, 5.74) is 0.608. The zero-order valence-corrected chi connectivity index (χ0v) is 9.96. The molecule has 0 aromatic heterocycles. The first-order chi connectivity index (χ1) is 7.31. The van der Waals surface area contributed by atoms with Gasteiger partial charge >= 0.3 is 0 Å². The van der Waals surface area contributed by atoms with E-state index in [1.165, 1.54) is 12.8 Å². The van der Waals surface area contributed by atoms with Crippen LogP contribution in [-0.2, 0) is 0 Å².